The minimum Gasteiger partial charge on any atom is -0.390 e. The van der Waals surface area contributed by atoms with Crippen LogP contribution in [-0.2, 0) is 12.8 Å². The molecule has 1 aromatic carbocycles. The van der Waals surface area contributed by atoms with Gasteiger partial charge in [0.2, 0.25) is 0 Å². The fraction of sp³-hybridized carbons (Fsp3) is 0.600. The summed E-state index contributed by atoms with van der Waals surface area (Å²) < 4.78 is 0. The second-order valence-electron chi connectivity index (χ2n) is 5.15. The molecule has 0 aliphatic rings. The van der Waals surface area contributed by atoms with Crippen LogP contribution in [-0.4, -0.2) is 17.3 Å². The Morgan fingerprint density at radius 3 is 2.06 bits per heavy atom. The van der Waals surface area contributed by atoms with Crippen molar-refractivity contribution in [3.05, 3.63) is 29.3 Å². The Morgan fingerprint density at radius 1 is 1.12 bits per heavy atom. The fourth-order valence-electron chi connectivity index (χ4n) is 1.96. The Kier molecular flexibility index (Phi) is 5.01. The van der Waals surface area contributed by atoms with E-state index < -0.39 is 5.60 Å². The number of benzene rings is 1. The molecule has 0 bridgehead atoms. The third-order valence-electron chi connectivity index (χ3n) is 3.04. The van der Waals surface area contributed by atoms with E-state index in [1.807, 2.05) is 13.8 Å². The largest absolute Gasteiger partial charge is 0.390 e. The maximum Gasteiger partial charge on any atom is 0.0608 e. The summed E-state index contributed by atoms with van der Waals surface area (Å²) in [6.07, 6.45) is 2.84. The maximum absolute atomic E-state index is 9.71. The summed E-state index contributed by atoms with van der Waals surface area (Å²) in [4.78, 5) is 0. The quantitative estimate of drug-likeness (QED) is 0.792. The van der Waals surface area contributed by atoms with Gasteiger partial charge in [0.15, 0.2) is 0 Å². The molecule has 2 heteroatoms. The van der Waals surface area contributed by atoms with E-state index in [0.29, 0.717) is 0 Å². The normalized spacial score (nSPS) is 11.6. The first-order chi connectivity index (χ1) is 7.98. The van der Waals surface area contributed by atoms with Crippen LogP contribution in [0.5, 0.6) is 0 Å². The van der Waals surface area contributed by atoms with E-state index in [1.54, 1.807) is 0 Å². The molecule has 0 saturated carbocycles. The van der Waals surface area contributed by atoms with Crippen LogP contribution >= 0.6 is 0 Å². The number of nitrogens with one attached hydrogen (secondary N) is 1. The second-order valence-corrected chi connectivity index (χ2v) is 5.15. The van der Waals surface area contributed by atoms with Gasteiger partial charge < -0.3 is 10.4 Å². The summed E-state index contributed by atoms with van der Waals surface area (Å²) in [5, 5.41) is 13.2. The van der Waals surface area contributed by atoms with Crippen molar-refractivity contribution in [2.75, 3.05) is 11.9 Å². The number of aliphatic hydroxyl groups is 1. The second kappa shape index (κ2) is 6.06. The van der Waals surface area contributed by atoms with Gasteiger partial charge in [-0.05, 0) is 44.2 Å². The Bertz CT molecular complexity index is 330. The van der Waals surface area contributed by atoms with E-state index >= 15 is 0 Å². The first kappa shape index (κ1) is 14.0. The third kappa shape index (κ3) is 4.39. The molecule has 0 aromatic heterocycles. The van der Waals surface area contributed by atoms with Crippen molar-refractivity contribution >= 4 is 5.69 Å². The lowest BCUT2D eigenvalue weighted by atomic mass is 10.0. The van der Waals surface area contributed by atoms with E-state index in [-0.39, 0.29) is 0 Å². The SMILES string of the molecule is CCc1cccc(CC)c1NCCC(C)(C)O. The number of aryl methyl sites for hydroxylation is 2. The molecule has 0 atom stereocenters. The molecule has 0 aliphatic heterocycles. The van der Waals surface area contributed by atoms with Gasteiger partial charge in [-0.15, -0.1) is 0 Å². The number of anilines is 1. The Balaban J connectivity index is 2.74. The van der Waals surface area contributed by atoms with Crippen LogP contribution in [0.3, 0.4) is 0 Å². The minimum atomic E-state index is -0.597. The van der Waals surface area contributed by atoms with Gasteiger partial charge in [0.05, 0.1) is 5.60 Å². The average Bonchev–Trinajstić information content (AvgIpc) is 2.27. The van der Waals surface area contributed by atoms with Gasteiger partial charge >= 0.3 is 0 Å². The molecule has 0 amide bonds. The van der Waals surface area contributed by atoms with Crippen molar-refractivity contribution in [3.63, 3.8) is 0 Å². The van der Waals surface area contributed by atoms with Gasteiger partial charge in [-0.3, -0.25) is 0 Å². The number of hydrogen-bond acceptors (Lipinski definition) is 2. The summed E-state index contributed by atoms with van der Waals surface area (Å²) in [5.41, 5.74) is 3.39. The lowest BCUT2D eigenvalue weighted by molar-refractivity contribution is 0.0748. The third-order valence-corrected chi connectivity index (χ3v) is 3.04. The smallest absolute Gasteiger partial charge is 0.0608 e. The van der Waals surface area contributed by atoms with Crippen LogP contribution in [0.4, 0.5) is 5.69 Å². The van der Waals surface area contributed by atoms with E-state index in [4.69, 9.17) is 0 Å². The Hall–Kier alpha value is -1.02. The highest BCUT2D eigenvalue weighted by atomic mass is 16.3. The predicted octanol–water partition coefficient (Wildman–Crippen LogP) is 3.38. The van der Waals surface area contributed by atoms with E-state index in [9.17, 15) is 5.11 Å². The summed E-state index contributed by atoms with van der Waals surface area (Å²) >= 11 is 0. The van der Waals surface area contributed by atoms with Gasteiger partial charge in [0.25, 0.3) is 0 Å². The molecule has 2 nitrogen and oxygen atoms in total. The predicted molar refractivity (Wildman–Crippen MR) is 74.6 cm³/mol. The summed E-state index contributed by atoms with van der Waals surface area (Å²) in [6, 6.07) is 6.47. The van der Waals surface area contributed by atoms with Crippen molar-refractivity contribution in [2.24, 2.45) is 0 Å². The summed E-state index contributed by atoms with van der Waals surface area (Å²) in [6.45, 7) is 8.86. The van der Waals surface area contributed by atoms with Gasteiger partial charge in [0, 0.05) is 12.2 Å². The molecule has 0 fully saturated rings. The zero-order valence-corrected chi connectivity index (χ0v) is 11.5. The van der Waals surface area contributed by atoms with E-state index in [0.717, 1.165) is 25.8 Å². The molecule has 0 unspecified atom stereocenters. The Morgan fingerprint density at radius 2 is 1.65 bits per heavy atom. The van der Waals surface area contributed by atoms with Gasteiger partial charge in [-0.25, -0.2) is 0 Å². The van der Waals surface area contributed by atoms with Crippen molar-refractivity contribution in [1.29, 1.82) is 0 Å². The van der Waals surface area contributed by atoms with Crippen LogP contribution in [0.1, 0.15) is 45.2 Å². The molecular formula is C15H25NO. The molecule has 0 saturated heterocycles. The monoisotopic (exact) mass is 235 g/mol. The molecule has 0 aliphatic carbocycles. The lowest BCUT2D eigenvalue weighted by Crippen LogP contribution is -2.23. The first-order valence-corrected chi connectivity index (χ1v) is 6.55. The van der Waals surface area contributed by atoms with Crippen LogP contribution < -0.4 is 5.32 Å². The van der Waals surface area contributed by atoms with Crippen molar-refractivity contribution < 1.29 is 5.11 Å². The molecule has 17 heavy (non-hydrogen) atoms. The van der Waals surface area contributed by atoms with Gasteiger partial charge in [-0.2, -0.15) is 0 Å². The highest BCUT2D eigenvalue weighted by Crippen LogP contribution is 2.23. The van der Waals surface area contributed by atoms with Crippen LogP contribution in [0.2, 0.25) is 0 Å². The molecule has 1 rings (SSSR count). The lowest BCUT2D eigenvalue weighted by Gasteiger charge is -2.20. The standard InChI is InChI=1S/C15H25NO/c1-5-12-8-7-9-13(6-2)14(12)16-11-10-15(3,4)17/h7-9,16-17H,5-6,10-11H2,1-4H3. The molecule has 0 radical (unpaired) electrons. The summed E-state index contributed by atoms with van der Waals surface area (Å²) in [5.74, 6) is 0. The van der Waals surface area contributed by atoms with E-state index in [1.165, 1.54) is 16.8 Å². The van der Waals surface area contributed by atoms with Crippen LogP contribution in [0.15, 0.2) is 18.2 Å². The number of rotatable bonds is 6. The minimum absolute atomic E-state index is 0.597. The topological polar surface area (TPSA) is 32.3 Å². The Labute approximate surface area is 105 Å². The first-order valence-electron chi connectivity index (χ1n) is 6.55. The van der Waals surface area contributed by atoms with Crippen molar-refractivity contribution in [1.82, 2.24) is 0 Å². The van der Waals surface area contributed by atoms with Gasteiger partial charge in [-0.1, -0.05) is 32.0 Å². The van der Waals surface area contributed by atoms with E-state index in [2.05, 4.69) is 37.4 Å². The summed E-state index contributed by atoms with van der Waals surface area (Å²) in [7, 11) is 0. The zero-order valence-electron chi connectivity index (χ0n) is 11.5. The average molecular weight is 235 g/mol. The van der Waals surface area contributed by atoms with Gasteiger partial charge in [0.1, 0.15) is 0 Å². The molecule has 2 N–H and O–H groups in total. The van der Waals surface area contributed by atoms with Crippen LogP contribution in [0, 0.1) is 0 Å². The highest BCUT2D eigenvalue weighted by Gasteiger charge is 2.12. The molecular weight excluding hydrogens is 210 g/mol. The van der Waals surface area contributed by atoms with Crippen molar-refractivity contribution in [2.45, 2.75) is 52.6 Å². The molecule has 0 spiro atoms. The molecule has 1 aromatic rings. The van der Waals surface area contributed by atoms with Crippen molar-refractivity contribution in [3.8, 4) is 0 Å². The molecule has 0 heterocycles. The fourth-order valence-corrected chi connectivity index (χ4v) is 1.96. The number of hydrogen-bond donors (Lipinski definition) is 2. The van der Waals surface area contributed by atoms with Crippen LogP contribution in [0.25, 0.3) is 0 Å². The zero-order chi connectivity index (χ0) is 12.9. The molecule has 96 valence electrons. The highest BCUT2D eigenvalue weighted by molar-refractivity contribution is 5.57. The maximum atomic E-state index is 9.71. The number of para-hydroxylation sites is 1.